The average molecular weight is 917 g/mol. The van der Waals surface area contributed by atoms with E-state index in [1.165, 1.54) is 4.72 Å². The molecule has 3 aliphatic rings. The summed E-state index contributed by atoms with van der Waals surface area (Å²) in [6.07, 6.45) is -28.0. The molecule has 0 aromatic carbocycles. The highest BCUT2D eigenvalue weighted by atomic mass is 32.3. The first-order valence-corrected chi connectivity index (χ1v) is 20.8. The van der Waals surface area contributed by atoms with Gasteiger partial charge in [0.1, 0.15) is 81.0 Å². The lowest BCUT2D eigenvalue weighted by Gasteiger charge is -2.49. The van der Waals surface area contributed by atoms with Gasteiger partial charge >= 0.3 is 53.7 Å². The van der Waals surface area contributed by atoms with Crippen LogP contribution in [0.4, 0.5) is 0 Å². The van der Waals surface area contributed by atoms with Crippen molar-refractivity contribution in [1.29, 1.82) is 0 Å². The number of aliphatic hydroxyl groups is 5. The van der Waals surface area contributed by atoms with Crippen LogP contribution in [0.2, 0.25) is 0 Å². The Balaban J connectivity index is 1.98. The van der Waals surface area contributed by atoms with Crippen LogP contribution in [0.15, 0.2) is 0 Å². The lowest BCUT2D eigenvalue weighted by atomic mass is 9.93. The molecule has 0 bridgehead atoms. The summed E-state index contributed by atoms with van der Waals surface area (Å²) >= 11 is -6.09. The van der Waals surface area contributed by atoms with Crippen LogP contribution in [0.3, 0.4) is 0 Å². The van der Waals surface area contributed by atoms with E-state index in [2.05, 4.69) is 22.6 Å². The fourth-order valence-electron chi connectivity index (χ4n) is 5.35. The normalized spacial score (nSPS) is 39.1. The number of ether oxygens (including phenoxy) is 6. The summed E-state index contributed by atoms with van der Waals surface area (Å²) in [5.41, 5.74) is 0. The first-order chi connectivity index (χ1) is 25.3. The Morgan fingerprint density at radius 1 is 0.636 bits per heavy atom. The summed E-state index contributed by atoms with van der Waals surface area (Å²) in [6.45, 7) is -2.23. The van der Waals surface area contributed by atoms with Crippen molar-refractivity contribution in [3.63, 3.8) is 0 Å². The number of rotatable bonds is 20. The molecule has 12 N–H and O–H groups in total. The fraction of sp³-hybridized carbons (Fsp3) is 1.00. The maximum absolute atomic E-state index is 11.9. The van der Waals surface area contributed by atoms with E-state index >= 15 is 0 Å². The van der Waals surface area contributed by atoms with Crippen molar-refractivity contribution in [3.05, 3.63) is 0 Å². The van der Waals surface area contributed by atoms with Crippen molar-refractivity contribution in [2.24, 2.45) is 0 Å². The van der Waals surface area contributed by atoms with E-state index in [1.54, 1.807) is 4.72 Å². The van der Waals surface area contributed by atoms with Crippen LogP contribution in [0.5, 0.6) is 0 Å². The SMILES string of the molecule is CC1OC(COOS(=O)O)[C@H](O[C@H]2O[C@H](OCO)[C@@H](O[C@H]3O[C@H](COOS(=O)O)[C@@H](O)C(O)C3NS(=O)(=O)O)C(O)C2O)[C@H](OS(=O)(=O)O)[C@H]1NS(=O)(=O)O. The molecule has 3 heterocycles. The average Bonchev–Trinajstić information content (AvgIpc) is 3.03. The van der Waals surface area contributed by atoms with E-state index in [1.807, 2.05) is 0 Å². The molecule has 3 rings (SSSR count). The molecule has 0 amide bonds. The van der Waals surface area contributed by atoms with Crippen molar-refractivity contribution in [3.8, 4) is 0 Å². The zero-order chi connectivity index (χ0) is 41.6. The van der Waals surface area contributed by atoms with Crippen molar-refractivity contribution in [2.75, 3.05) is 20.0 Å². The van der Waals surface area contributed by atoms with E-state index in [0.29, 0.717) is 0 Å². The molecular weight excluding hydrogens is 881 g/mol. The van der Waals surface area contributed by atoms with Gasteiger partial charge in [0.2, 0.25) is 0 Å². The molecule has 0 saturated carbocycles. The van der Waals surface area contributed by atoms with Gasteiger partial charge in [-0.05, 0) is 6.92 Å². The summed E-state index contributed by atoms with van der Waals surface area (Å²) < 4.78 is 186. The highest BCUT2D eigenvalue weighted by Crippen LogP contribution is 2.34. The van der Waals surface area contributed by atoms with Crippen LogP contribution in [-0.4, -0.2) is 194 Å². The molecule has 3 saturated heterocycles. The van der Waals surface area contributed by atoms with Gasteiger partial charge in [0.05, 0.1) is 12.1 Å². The maximum Gasteiger partial charge on any atom is 0.397 e. The Labute approximate surface area is 314 Å². The summed E-state index contributed by atoms with van der Waals surface area (Å²) in [4.78, 5) is 8.92. The van der Waals surface area contributed by atoms with Gasteiger partial charge in [-0.15, -0.1) is 8.67 Å². The number of hydrogen-bond acceptors (Lipinski definition) is 24. The van der Waals surface area contributed by atoms with Crippen LogP contribution in [0.1, 0.15) is 6.92 Å². The minimum absolute atomic E-state index is 0.978. The van der Waals surface area contributed by atoms with Crippen LogP contribution in [0, 0.1) is 0 Å². The van der Waals surface area contributed by atoms with Crippen molar-refractivity contribution >= 4 is 53.7 Å². The molecule has 17 atom stereocenters. The molecule has 0 spiro atoms. The third-order valence-electron chi connectivity index (χ3n) is 7.44. The van der Waals surface area contributed by atoms with Crippen LogP contribution < -0.4 is 9.44 Å². The highest BCUT2D eigenvalue weighted by molar-refractivity contribution is 7.84. The number of aliphatic hydroxyl groups excluding tert-OH is 5. The van der Waals surface area contributed by atoms with Gasteiger partial charge in [0.25, 0.3) is 0 Å². The summed E-state index contributed by atoms with van der Waals surface area (Å²) in [5, 5.41) is 52.8. The summed E-state index contributed by atoms with van der Waals surface area (Å²) in [7, 11) is -16.1. The third kappa shape index (κ3) is 14.8. The van der Waals surface area contributed by atoms with Gasteiger partial charge in [0.15, 0.2) is 18.9 Å². The Bertz CT molecular complexity index is 1620. The van der Waals surface area contributed by atoms with Crippen molar-refractivity contribution < 1.29 is 133 Å². The molecule has 36 heteroatoms. The molecular formula is C19H36N2O29S5. The predicted octanol–water partition coefficient (Wildman–Crippen LogP) is -7.76. The second kappa shape index (κ2) is 20.5. The Morgan fingerprint density at radius 3 is 1.67 bits per heavy atom. The second-order valence-electron chi connectivity index (χ2n) is 11.1. The molecule has 0 radical (unpaired) electrons. The summed E-state index contributed by atoms with van der Waals surface area (Å²) in [5.74, 6) is 0. The molecule has 31 nitrogen and oxygen atoms in total. The monoisotopic (exact) mass is 916 g/mol. The standard InChI is InChI=1S/C19H36N2O29S5/c1-5-8(20-53(31,32)33)15(48-55(37,38)39)14(7(43-5)3-42-50-52(29)30)45-18-13(26)12(25)16(19(47-18)40-4-22)46-17-9(21-54(34,35)36)11(24)10(23)6(44-17)2-41-49-51(27)28/h5-26H,2-4H2,1H3,(H,27,28)(H,29,30)(H,31,32,33)(H,34,35,36)(H,37,38,39)/t5?,6-,7?,8+,9?,10-,11?,12?,13?,14+,15-,16+,17-,18+,19+/m1/s1. The topological polar surface area (TPSA) is 464 Å². The first kappa shape index (κ1) is 48.6. The lowest BCUT2D eigenvalue weighted by Crippen LogP contribution is -2.69. The van der Waals surface area contributed by atoms with Gasteiger partial charge in [-0.1, -0.05) is 0 Å². The second-order valence-corrected chi connectivity index (χ2v) is 15.7. The minimum Gasteiger partial charge on any atom is -0.388 e. The number of hydrogen-bond donors (Lipinski definition) is 12. The van der Waals surface area contributed by atoms with E-state index < -0.39 is 166 Å². The smallest absolute Gasteiger partial charge is 0.388 e. The molecule has 0 aromatic rings. The third-order valence-corrected chi connectivity index (χ3v) is 9.47. The molecule has 8 unspecified atom stereocenters. The van der Waals surface area contributed by atoms with E-state index in [9.17, 15) is 72.9 Å². The van der Waals surface area contributed by atoms with Crippen LogP contribution in [0.25, 0.3) is 0 Å². The van der Waals surface area contributed by atoms with E-state index in [0.717, 1.165) is 6.92 Å². The zero-order valence-corrected chi connectivity index (χ0v) is 31.1. The largest absolute Gasteiger partial charge is 0.397 e. The van der Waals surface area contributed by atoms with Crippen molar-refractivity contribution in [1.82, 2.24) is 9.44 Å². The molecule has 3 fully saturated rings. The van der Waals surface area contributed by atoms with Crippen LogP contribution >= 0.6 is 0 Å². The van der Waals surface area contributed by atoms with Crippen LogP contribution in [-0.2, 0) is 105 Å². The van der Waals surface area contributed by atoms with Gasteiger partial charge < -0.3 is 54.0 Å². The summed E-state index contributed by atoms with van der Waals surface area (Å²) in [6, 6.07) is -4.19. The quantitative estimate of drug-likeness (QED) is 0.0177. The Hall–Kier alpha value is -0.770. The Morgan fingerprint density at radius 2 is 1.16 bits per heavy atom. The van der Waals surface area contributed by atoms with Gasteiger partial charge in [0, 0.05) is 0 Å². The number of nitrogens with one attached hydrogen (secondary N) is 2. The fourth-order valence-corrected chi connectivity index (χ4v) is 7.40. The molecule has 0 aromatic heterocycles. The maximum atomic E-state index is 11.9. The highest BCUT2D eigenvalue weighted by Gasteiger charge is 2.56. The minimum atomic E-state index is -5.58. The lowest BCUT2D eigenvalue weighted by molar-refractivity contribution is -0.401. The van der Waals surface area contributed by atoms with Gasteiger partial charge in [-0.3, -0.25) is 22.8 Å². The first-order valence-electron chi connectivity index (χ1n) is 14.5. The van der Waals surface area contributed by atoms with Gasteiger partial charge in [-0.2, -0.15) is 43.1 Å². The van der Waals surface area contributed by atoms with Crippen molar-refractivity contribution in [2.45, 2.75) is 98.9 Å². The molecule has 55 heavy (non-hydrogen) atoms. The van der Waals surface area contributed by atoms with Gasteiger partial charge in [-0.25, -0.2) is 14.0 Å². The zero-order valence-electron chi connectivity index (χ0n) is 27.1. The van der Waals surface area contributed by atoms with E-state index in [4.69, 9.17) is 37.5 Å². The van der Waals surface area contributed by atoms with E-state index in [-0.39, 0.29) is 0 Å². The molecule has 0 aliphatic carbocycles. The molecule has 3 aliphatic heterocycles. The molecule has 326 valence electrons. The Kier molecular flexibility index (Phi) is 18.1. The predicted molar refractivity (Wildman–Crippen MR) is 163 cm³/mol.